The summed E-state index contributed by atoms with van der Waals surface area (Å²) in [6, 6.07) is 7.53. The van der Waals surface area contributed by atoms with Crippen molar-refractivity contribution in [2.45, 2.75) is 31.4 Å². The maximum Gasteiger partial charge on any atom is 0.431 e. The van der Waals surface area contributed by atoms with Crippen LogP contribution in [0.2, 0.25) is 0 Å². The molecule has 0 saturated heterocycles. The molecule has 2 N–H and O–H groups in total. The molecule has 0 fully saturated rings. The Hall–Kier alpha value is -3.08. The number of halogens is 3. The summed E-state index contributed by atoms with van der Waals surface area (Å²) >= 11 is 0. The van der Waals surface area contributed by atoms with Crippen LogP contribution < -0.4 is 5.32 Å². The quantitative estimate of drug-likeness (QED) is 0.843. The first-order chi connectivity index (χ1) is 12.2. The van der Waals surface area contributed by atoms with E-state index < -0.39 is 29.3 Å². The molecule has 26 heavy (non-hydrogen) atoms. The molecule has 0 bridgehead atoms. The SMILES string of the molecule is N#Cc1cccc([C@H]2C3=C(CCCC3=O)NC(C(F)(F)F)=C2C(=O)O)c1. The number of carboxylic acids is 1. The molecule has 1 aromatic carbocycles. The Morgan fingerprint density at radius 1 is 1.31 bits per heavy atom. The number of nitriles is 1. The van der Waals surface area contributed by atoms with E-state index in [2.05, 4.69) is 5.32 Å². The first kappa shape index (κ1) is 17.7. The van der Waals surface area contributed by atoms with Crippen molar-refractivity contribution < 1.29 is 27.9 Å². The van der Waals surface area contributed by atoms with Gasteiger partial charge in [-0.15, -0.1) is 0 Å². The van der Waals surface area contributed by atoms with Gasteiger partial charge >= 0.3 is 12.1 Å². The Balaban J connectivity index is 2.30. The third-order valence-corrected chi connectivity index (χ3v) is 4.44. The molecular weight excluding hydrogens is 349 g/mol. The summed E-state index contributed by atoms with van der Waals surface area (Å²) in [4.78, 5) is 24.2. The van der Waals surface area contributed by atoms with Crippen molar-refractivity contribution in [2.75, 3.05) is 0 Å². The highest BCUT2D eigenvalue weighted by Gasteiger charge is 2.47. The van der Waals surface area contributed by atoms with Gasteiger partial charge in [-0.1, -0.05) is 12.1 Å². The van der Waals surface area contributed by atoms with Crippen molar-refractivity contribution >= 4 is 11.8 Å². The van der Waals surface area contributed by atoms with E-state index in [1.54, 1.807) is 0 Å². The minimum Gasteiger partial charge on any atom is -0.478 e. The van der Waals surface area contributed by atoms with Gasteiger partial charge in [0, 0.05) is 23.6 Å². The fourth-order valence-corrected chi connectivity index (χ4v) is 3.41. The van der Waals surface area contributed by atoms with Crippen LogP contribution in [-0.4, -0.2) is 23.0 Å². The smallest absolute Gasteiger partial charge is 0.431 e. The maximum atomic E-state index is 13.5. The maximum absolute atomic E-state index is 13.5. The number of alkyl halides is 3. The summed E-state index contributed by atoms with van der Waals surface area (Å²) in [6.45, 7) is 0. The van der Waals surface area contributed by atoms with E-state index in [1.807, 2.05) is 6.07 Å². The molecule has 1 heterocycles. The lowest BCUT2D eigenvalue weighted by molar-refractivity contribution is -0.135. The van der Waals surface area contributed by atoms with E-state index in [-0.39, 0.29) is 41.0 Å². The Morgan fingerprint density at radius 2 is 2.04 bits per heavy atom. The predicted octanol–water partition coefficient (Wildman–Crippen LogP) is 3.15. The lowest BCUT2D eigenvalue weighted by Gasteiger charge is -2.34. The van der Waals surface area contributed by atoms with Crippen LogP contribution in [-0.2, 0) is 9.59 Å². The first-order valence-corrected chi connectivity index (χ1v) is 7.82. The summed E-state index contributed by atoms with van der Waals surface area (Å²) in [7, 11) is 0. The molecule has 3 rings (SSSR count). The Labute approximate surface area is 146 Å². The molecule has 1 aliphatic heterocycles. The van der Waals surface area contributed by atoms with E-state index in [1.165, 1.54) is 24.3 Å². The molecule has 0 radical (unpaired) electrons. The molecule has 0 aromatic heterocycles. The van der Waals surface area contributed by atoms with Crippen LogP contribution in [0.25, 0.3) is 0 Å². The number of dihydropyridines is 1. The number of ketones is 1. The molecule has 5 nitrogen and oxygen atoms in total. The number of carboxylic acid groups (broad SMARTS) is 1. The number of allylic oxidation sites excluding steroid dienone is 3. The average molecular weight is 362 g/mol. The number of nitrogens with one attached hydrogen (secondary N) is 1. The Morgan fingerprint density at radius 3 is 2.65 bits per heavy atom. The Bertz CT molecular complexity index is 907. The Kier molecular flexibility index (Phi) is 4.32. The van der Waals surface area contributed by atoms with Gasteiger partial charge in [0.15, 0.2) is 5.78 Å². The van der Waals surface area contributed by atoms with Crippen molar-refractivity contribution in [3.05, 3.63) is 57.9 Å². The van der Waals surface area contributed by atoms with Crippen LogP contribution in [0.1, 0.15) is 36.3 Å². The lowest BCUT2D eigenvalue weighted by atomic mass is 9.75. The molecule has 1 atom stereocenters. The zero-order chi connectivity index (χ0) is 19.1. The van der Waals surface area contributed by atoms with E-state index in [0.717, 1.165) is 0 Å². The van der Waals surface area contributed by atoms with Gasteiger partial charge in [-0.25, -0.2) is 4.79 Å². The minimum absolute atomic E-state index is 0.0386. The molecule has 0 amide bonds. The van der Waals surface area contributed by atoms with Gasteiger partial charge in [-0.05, 0) is 30.5 Å². The monoisotopic (exact) mass is 362 g/mol. The van der Waals surface area contributed by atoms with Crippen molar-refractivity contribution in [1.82, 2.24) is 5.32 Å². The van der Waals surface area contributed by atoms with Gasteiger partial charge in [-0.3, -0.25) is 4.79 Å². The van der Waals surface area contributed by atoms with Crippen LogP contribution in [0.5, 0.6) is 0 Å². The number of rotatable bonds is 2. The number of hydrogen-bond donors (Lipinski definition) is 2. The van der Waals surface area contributed by atoms with Crippen LogP contribution >= 0.6 is 0 Å². The fourth-order valence-electron chi connectivity index (χ4n) is 3.41. The second-order valence-corrected chi connectivity index (χ2v) is 6.06. The number of hydrogen-bond acceptors (Lipinski definition) is 4. The molecule has 2 aliphatic rings. The number of carbonyl (C=O) groups excluding carboxylic acids is 1. The van der Waals surface area contributed by atoms with E-state index in [9.17, 15) is 27.9 Å². The second-order valence-electron chi connectivity index (χ2n) is 6.06. The van der Waals surface area contributed by atoms with Crippen molar-refractivity contribution in [3.8, 4) is 6.07 Å². The first-order valence-electron chi connectivity index (χ1n) is 7.82. The second kappa shape index (κ2) is 6.33. The fraction of sp³-hybridized carbons (Fsp3) is 0.278. The zero-order valence-electron chi connectivity index (χ0n) is 13.4. The molecular formula is C18H13F3N2O3. The van der Waals surface area contributed by atoms with Crippen LogP contribution in [0.4, 0.5) is 13.2 Å². The molecule has 8 heteroatoms. The topological polar surface area (TPSA) is 90.2 Å². The molecule has 0 spiro atoms. The van der Waals surface area contributed by atoms with E-state index in [4.69, 9.17) is 5.26 Å². The normalized spacial score (nSPS) is 20.4. The highest BCUT2D eigenvalue weighted by atomic mass is 19.4. The highest BCUT2D eigenvalue weighted by molar-refractivity contribution is 6.03. The molecule has 134 valence electrons. The van der Waals surface area contributed by atoms with Crippen LogP contribution in [0.15, 0.2) is 46.8 Å². The summed E-state index contributed by atoms with van der Waals surface area (Å²) < 4.78 is 40.5. The van der Waals surface area contributed by atoms with E-state index in [0.29, 0.717) is 6.42 Å². The van der Waals surface area contributed by atoms with Gasteiger partial charge in [-0.2, -0.15) is 18.4 Å². The largest absolute Gasteiger partial charge is 0.478 e. The summed E-state index contributed by atoms with van der Waals surface area (Å²) in [5.41, 5.74) is -1.81. The van der Waals surface area contributed by atoms with Crippen molar-refractivity contribution in [3.63, 3.8) is 0 Å². The number of aliphatic carboxylic acids is 1. The highest BCUT2D eigenvalue weighted by Crippen LogP contribution is 2.45. The summed E-state index contributed by atoms with van der Waals surface area (Å²) in [6.07, 6.45) is -4.16. The van der Waals surface area contributed by atoms with Gasteiger partial charge in [0.25, 0.3) is 0 Å². The molecule has 0 saturated carbocycles. The summed E-state index contributed by atoms with van der Waals surface area (Å²) in [5.74, 6) is -3.52. The molecule has 1 aromatic rings. The molecule has 1 aliphatic carbocycles. The van der Waals surface area contributed by atoms with Gasteiger partial charge in [0.2, 0.25) is 0 Å². The standard InChI is InChI=1S/C18H13F3N2O3/c19-18(20,21)16-15(17(25)26)13(10-4-1-3-9(7-10)8-22)14-11(23-16)5-2-6-12(14)24/h1,3-4,7,13,23H,2,5-6H2,(H,25,26)/t13-/m0/s1. The third-order valence-electron chi connectivity index (χ3n) is 4.44. The minimum atomic E-state index is -4.92. The van der Waals surface area contributed by atoms with E-state index >= 15 is 0 Å². The zero-order valence-corrected chi connectivity index (χ0v) is 13.4. The van der Waals surface area contributed by atoms with Gasteiger partial charge < -0.3 is 10.4 Å². The third kappa shape index (κ3) is 2.96. The molecule has 0 unspecified atom stereocenters. The number of benzene rings is 1. The summed E-state index contributed by atoms with van der Waals surface area (Å²) in [5, 5.41) is 20.7. The van der Waals surface area contributed by atoms with Gasteiger partial charge in [0.05, 0.1) is 17.2 Å². The number of Topliss-reactive ketones (excluding diaryl/α,β-unsaturated/α-hetero) is 1. The lowest BCUT2D eigenvalue weighted by Crippen LogP contribution is -2.39. The van der Waals surface area contributed by atoms with Crippen molar-refractivity contribution in [2.24, 2.45) is 0 Å². The van der Waals surface area contributed by atoms with Crippen molar-refractivity contribution in [1.29, 1.82) is 5.26 Å². The van der Waals surface area contributed by atoms with Crippen LogP contribution in [0, 0.1) is 11.3 Å². The van der Waals surface area contributed by atoms with Gasteiger partial charge in [0.1, 0.15) is 5.70 Å². The predicted molar refractivity (Wildman–Crippen MR) is 83.6 cm³/mol. The average Bonchev–Trinajstić information content (AvgIpc) is 2.59. The number of carbonyl (C=O) groups is 2. The van der Waals surface area contributed by atoms with Crippen LogP contribution in [0.3, 0.4) is 0 Å². The number of nitrogens with zero attached hydrogens (tertiary/aromatic N) is 1.